The van der Waals surface area contributed by atoms with Gasteiger partial charge in [0.05, 0.1) is 17.1 Å². The van der Waals surface area contributed by atoms with Gasteiger partial charge in [0.25, 0.3) is 0 Å². The molecule has 0 aliphatic heterocycles. The first kappa shape index (κ1) is 22.2. The monoisotopic (exact) mass is 510 g/mol. The fourth-order valence-electron chi connectivity index (χ4n) is 3.14. The van der Waals surface area contributed by atoms with Crippen molar-refractivity contribution in [3.05, 3.63) is 88.1 Å². The van der Waals surface area contributed by atoms with E-state index in [2.05, 4.69) is 57.4 Å². The maximum atomic E-state index is 14.0. The summed E-state index contributed by atoms with van der Waals surface area (Å²) < 4.78 is 16.6. The van der Waals surface area contributed by atoms with Crippen LogP contribution in [0.4, 0.5) is 10.1 Å². The third-order valence-corrected chi connectivity index (χ3v) is 6.37. The molecule has 0 saturated carbocycles. The van der Waals surface area contributed by atoms with Crippen LogP contribution < -0.4 is 5.32 Å². The molecule has 0 aliphatic rings. The average Bonchev–Trinajstić information content (AvgIpc) is 3.21. The van der Waals surface area contributed by atoms with E-state index in [1.807, 2.05) is 41.0 Å². The van der Waals surface area contributed by atoms with E-state index in [1.165, 1.54) is 29.5 Å². The van der Waals surface area contributed by atoms with Gasteiger partial charge in [-0.1, -0.05) is 64.1 Å². The van der Waals surface area contributed by atoms with E-state index < -0.39 is 5.82 Å². The van der Waals surface area contributed by atoms with Crippen LogP contribution in [0.5, 0.6) is 0 Å². The molecule has 1 amide bonds. The summed E-state index contributed by atoms with van der Waals surface area (Å²) in [5, 5.41) is 11.9. The molecule has 4 rings (SSSR count). The number of hydrogen-bond donors (Lipinski definition) is 1. The molecule has 0 bridgehead atoms. The van der Waals surface area contributed by atoms with Crippen molar-refractivity contribution in [2.45, 2.75) is 19.0 Å². The number of anilines is 1. The standard InChI is InChI=1S/C24H20BrFN4OS/c1-15-8-10-19(12-16(15)2)30-23(17-6-4-3-5-7-17)28-29-24(30)32-14-22(31)27-21-11-9-18(25)13-20(21)26/h3-13H,14H2,1-2H3,(H,27,31). The van der Waals surface area contributed by atoms with E-state index >= 15 is 0 Å². The van der Waals surface area contributed by atoms with Crippen LogP contribution in [0.2, 0.25) is 0 Å². The number of thioether (sulfide) groups is 1. The first-order valence-corrected chi connectivity index (χ1v) is 11.7. The Morgan fingerprint density at radius 1 is 1.03 bits per heavy atom. The Morgan fingerprint density at radius 2 is 1.81 bits per heavy atom. The Morgan fingerprint density at radius 3 is 2.53 bits per heavy atom. The molecular weight excluding hydrogens is 491 g/mol. The summed E-state index contributed by atoms with van der Waals surface area (Å²) in [5.41, 5.74) is 4.31. The molecule has 0 unspecified atom stereocenters. The highest BCUT2D eigenvalue weighted by molar-refractivity contribution is 9.10. The van der Waals surface area contributed by atoms with E-state index in [1.54, 1.807) is 6.07 Å². The minimum atomic E-state index is -0.498. The number of halogens is 2. The number of nitrogens with zero attached hydrogens (tertiary/aromatic N) is 3. The van der Waals surface area contributed by atoms with Crippen LogP contribution in [0.3, 0.4) is 0 Å². The van der Waals surface area contributed by atoms with E-state index in [9.17, 15) is 9.18 Å². The van der Waals surface area contributed by atoms with Gasteiger partial charge in [-0.2, -0.15) is 0 Å². The zero-order valence-corrected chi connectivity index (χ0v) is 19.9. The summed E-state index contributed by atoms with van der Waals surface area (Å²) in [6.07, 6.45) is 0. The molecule has 0 saturated heterocycles. The molecule has 0 fully saturated rings. The van der Waals surface area contributed by atoms with Crippen LogP contribution in [-0.4, -0.2) is 26.4 Å². The van der Waals surface area contributed by atoms with Crippen LogP contribution in [-0.2, 0) is 4.79 Å². The first-order valence-electron chi connectivity index (χ1n) is 9.88. The molecule has 0 atom stereocenters. The molecule has 1 aromatic heterocycles. The Balaban J connectivity index is 1.61. The van der Waals surface area contributed by atoms with Crippen LogP contribution in [0, 0.1) is 19.7 Å². The topological polar surface area (TPSA) is 59.8 Å². The van der Waals surface area contributed by atoms with Gasteiger partial charge in [-0.15, -0.1) is 10.2 Å². The van der Waals surface area contributed by atoms with Crippen LogP contribution in [0.25, 0.3) is 17.1 Å². The fourth-order valence-corrected chi connectivity index (χ4v) is 4.23. The fraction of sp³-hybridized carbons (Fsp3) is 0.125. The SMILES string of the molecule is Cc1ccc(-n2c(SCC(=O)Nc3ccc(Br)cc3F)nnc2-c2ccccc2)cc1C. The van der Waals surface area contributed by atoms with Crippen LogP contribution >= 0.6 is 27.7 Å². The second-order valence-electron chi connectivity index (χ2n) is 7.24. The number of carbonyl (C=O) groups excluding carboxylic acids is 1. The van der Waals surface area contributed by atoms with Crippen molar-refractivity contribution < 1.29 is 9.18 Å². The number of aromatic nitrogens is 3. The van der Waals surface area contributed by atoms with E-state index in [-0.39, 0.29) is 17.3 Å². The molecule has 1 heterocycles. The largest absolute Gasteiger partial charge is 0.323 e. The van der Waals surface area contributed by atoms with Crippen molar-refractivity contribution in [2.24, 2.45) is 0 Å². The third-order valence-electron chi connectivity index (χ3n) is 4.95. The molecule has 0 radical (unpaired) electrons. The van der Waals surface area contributed by atoms with Crippen molar-refractivity contribution in [1.82, 2.24) is 14.8 Å². The average molecular weight is 511 g/mol. The van der Waals surface area contributed by atoms with Crippen molar-refractivity contribution in [3.8, 4) is 17.1 Å². The normalized spacial score (nSPS) is 10.9. The quantitative estimate of drug-likeness (QED) is 0.314. The minimum absolute atomic E-state index is 0.0628. The molecule has 1 N–H and O–H groups in total. The number of amides is 1. The number of benzene rings is 3. The van der Waals surface area contributed by atoms with Crippen molar-refractivity contribution in [2.75, 3.05) is 11.1 Å². The van der Waals surface area contributed by atoms with Gasteiger partial charge in [0.2, 0.25) is 5.91 Å². The highest BCUT2D eigenvalue weighted by Gasteiger charge is 2.18. The summed E-state index contributed by atoms with van der Waals surface area (Å²) in [6.45, 7) is 4.11. The van der Waals surface area contributed by atoms with E-state index in [0.717, 1.165) is 16.8 Å². The number of nitrogens with one attached hydrogen (secondary N) is 1. The lowest BCUT2D eigenvalue weighted by molar-refractivity contribution is -0.113. The van der Waals surface area contributed by atoms with Crippen LogP contribution in [0.1, 0.15) is 11.1 Å². The number of aryl methyl sites for hydroxylation is 2. The molecule has 0 aliphatic carbocycles. The summed E-state index contributed by atoms with van der Waals surface area (Å²) in [6, 6.07) is 20.4. The maximum absolute atomic E-state index is 14.0. The summed E-state index contributed by atoms with van der Waals surface area (Å²) in [7, 11) is 0. The van der Waals surface area contributed by atoms with Gasteiger partial charge in [-0.25, -0.2) is 4.39 Å². The molecule has 3 aromatic carbocycles. The zero-order chi connectivity index (χ0) is 22.7. The number of carbonyl (C=O) groups is 1. The lowest BCUT2D eigenvalue weighted by atomic mass is 10.1. The van der Waals surface area contributed by atoms with E-state index in [4.69, 9.17) is 0 Å². The molecule has 5 nitrogen and oxygen atoms in total. The van der Waals surface area contributed by atoms with E-state index in [0.29, 0.717) is 15.5 Å². The van der Waals surface area contributed by atoms with Crippen molar-refractivity contribution in [1.29, 1.82) is 0 Å². The van der Waals surface area contributed by atoms with Gasteiger partial charge in [-0.3, -0.25) is 9.36 Å². The van der Waals surface area contributed by atoms with Gasteiger partial charge in [0, 0.05) is 10.0 Å². The van der Waals surface area contributed by atoms with Gasteiger partial charge in [0.15, 0.2) is 11.0 Å². The minimum Gasteiger partial charge on any atom is -0.323 e. The molecule has 8 heteroatoms. The van der Waals surface area contributed by atoms with Gasteiger partial charge in [0.1, 0.15) is 5.82 Å². The lowest BCUT2D eigenvalue weighted by Crippen LogP contribution is -2.15. The Kier molecular flexibility index (Phi) is 6.72. The predicted molar refractivity (Wildman–Crippen MR) is 130 cm³/mol. The zero-order valence-electron chi connectivity index (χ0n) is 17.5. The Hall–Kier alpha value is -2.97. The van der Waals surface area contributed by atoms with Gasteiger partial charge < -0.3 is 5.32 Å². The molecular formula is C24H20BrFN4OS. The molecule has 4 aromatic rings. The highest BCUT2D eigenvalue weighted by Crippen LogP contribution is 2.29. The van der Waals surface area contributed by atoms with Crippen LogP contribution in [0.15, 0.2) is 76.4 Å². The second kappa shape index (κ2) is 9.67. The van der Waals surface area contributed by atoms with Crippen molar-refractivity contribution in [3.63, 3.8) is 0 Å². The van der Waals surface area contributed by atoms with Gasteiger partial charge in [-0.05, 0) is 55.3 Å². The first-order chi connectivity index (χ1) is 15.4. The molecule has 162 valence electrons. The highest BCUT2D eigenvalue weighted by atomic mass is 79.9. The number of rotatable bonds is 6. The second-order valence-corrected chi connectivity index (χ2v) is 9.10. The third kappa shape index (κ3) is 4.92. The van der Waals surface area contributed by atoms with Crippen molar-refractivity contribution >= 4 is 39.3 Å². The Bertz CT molecular complexity index is 1280. The number of hydrogen-bond acceptors (Lipinski definition) is 4. The lowest BCUT2D eigenvalue weighted by Gasteiger charge is -2.12. The molecule has 32 heavy (non-hydrogen) atoms. The summed E-state index contributed by atoms with van der Waals surface area (Å²) in [5.74, 6) is -0.0713. The smallest absolute Gasteiger partial charge is 0.234 e. The summed E-state index contributed by atoms with van der Waals surface area (Å²) >= 11 is 4.46. The predicted octanol–water partition coefficient (Wildman–Crippen LogP) is 6.18. The van der Waals surface area contributed by atoms with Gasteiger partial charge >= 0.3 is 0 Å². The Labute approximate surface area is 198 Å². The maximum Gasteiger partial charge on any atom is 0.234 e. The molecule has 0 spiro atoms. The summed E-state index contributed by atoms with van der Waals surface area (Å²) in [4.78, 5) is 12.5.